The lowest BCUT2D eigenvalue weighted by atomic mass is 10.2. The predicted octanol–water partition coefficient (Wildman–Crippen LogP) is 3.56. The number of benzene rings is 2. The van der Waals surface area contributed by atoms with Crippen LogP contribution in [0.5, 0.6) is 0 Å². The molecule has 0 saturated carbocycles. The van der Waals surface area contributed by atoms with Gasteiger partial charge in [-0.1, -0.05) is 55.5 Å². The molecule has 3 nitrogen and oxygen atoms in total. The average Bonchev–Trinajstić information content (AvgIpc) is 2.99. The second-order valence-corrected chi connectivity index (χ2v) is 6.43. The Kier molecular flexibility index (Phi) is 5.09. The minimum Gasteiger partial charge on any atom is -0.307 e. The highest BCUT2D eigenvalue weighted by Crippen LogP contribution is 2.19. The molecule has 1 aliphatic rings. The number of nitrogens with zero attached hydrogens (tertiary/aromatic N) is 2. The van der Waals surface area contributed by atoms with Gasteiger partial charge in [0.1, 0.15) is 0 Å². The van der Waals surface area contributed by atoms with Crippen molar-refractivity contribution < 1.29 is 4.79 Å². The minimum absolute atomic E-state index is 0.175. The summed E-state index contributed by atoms with van der Waals surface area (Å²) in [6.45, 7) is 5.43. The lowest BCUT2D eigenvalue weighted by Crippen LogP contribution is -2.39. The van der Waals surface area contributed by atoms with Gasteiger partial charge in [0.15, 0.2) is 0 Å². The molecule has 3 rings (SSSR count). The maximum absolute atomic E-state index is 12.9. The molecule has 1 amide bonds. The molecule has 3 heteroatoms. The van der Waals surface area contributed by atoms with Gasteiger partial charge in [-0.25, -0.2) is 0 Å². The third-order valence-corrected chi connectivity index (χ3v) is 4.42. The number of carbonyl (C=O) groups is 1. The first-order valence-corrected chi connectivity index (χ1v) is 8.34. The van der Waals surface area contributed by atoms with E-state index < -0.39 is 0 Å². The van der Waals surface area contributed by atoms with Crippen molar-refractivity contribution in [2.75, 3.05) is 24.5 Å². The maximum atomic E-state index is 12.9. The zero-order chi connectivity index (χ0) is 16.1. The van der Waals surface area contributed by atoms with Gasteiger partial charge < -0.3 is 4.90 Å². The number of para-hydroxylation sites is 1. The summed E-state index contributed by atoms with van der Waals surface area (Å²) in [6.07, 6.45) is 1.19. The zero-order valence-electron chi connectivity index (χ0n) is 13.7. The first kappa shape index (κ1) is 15.8. The first-order valence-electron chi connectivity index (χ1n) is 8.34. The highest BCUT2D eigenvalue weighted by molar-refractivity contribution is 5.94. The second kappa shape index (κ2) is 7.42. The van der Waals surface area contributed by atoms with E-state index in [1.54, 1.807) is 0 Å². The number of carbonyl (C=O) groups excluding carboxylic acids is 1. The van der Waals surface area contributed by atoms with Gasteiger partial charge in [0.2, 0.25) is 5.91 Å². The standard InChI is InChI=1S/C20H24N2O/c1-17-12-13-21(14-17)16-20(23)22(19-10-6-3-7-11-19)15-18-8-4-2-5-9-18/h2-11,17H,12-16H2,1H3. The summed E-state index contributed by atoms with van der Waals surface area (Å²) in [7, 11) is 0. The van der Waals surface area contributed by atoms with Crippen molar-refractivity contribution in [2.24, 2.45) is 5.92 Å². The fourth-order valence-corrected chi connectivity index (χ4v) is 3.14. The second-order valence-electron chi connectivity index (χ2n) is 6.43. The lowest BCUT2D eigenvalue weighted by Gasteiger charge is -2.25. The zero-order valence-corrected chi connectivity index (χ0v) is 13.7. The number of amides is 1. The number of rotatable bonds is 5. The van der Waals surface area contributed by atoms with Crippen LogP contribution in [0.15, 0.2) is 60.7 Å². The smallest absolute Gasteiger partial charge is 0.241 e. The molecule has 2 aromatic rings. The summed E-state index contributed by atoms with van der Waals surface area (Å²) in [5.41, 5.74) is 2.12. The fourth-order valence-electron chi connectivity index (χ4n) is 3.14. The van der Waals surface area contributed by atoms with Crippen molar-refractivity contribution in [3.8, 4) is 0 Å². The molecule has 23 heavy (non-hydrogen) atoms. The number of hydrogen-bond acceptors (Lipinski definition) is 2. The Morgan fingerprint density at radius 3 is 2.35 bits per heavy atom. The molecule has 0 N–H and O–H groups in total. The summed E-state index contributed by atoms with van der Waals surface area (Å²) >= 11 is 0. The summed E-state index contributed by atoms with van der Waals surface area (Å²) < 4.78 is 0. The molecule has 0 spiro atoms. The van der Waals surface area contributed by atoms with Crippen molar-refractivity contribution in [1.82, 2.24) is 4.90 Å². The Morgan fingerprint density at radius 2 is 1.74 bits per heavy atom. The summed E-state index contributed by atoms with van der Waals surface area (Å²) in [6, 6.07) is 20.1. The Hall–Kier alpha value is -2.13. The van der Waals surface area contributed by atoms with Gasteiger partial charge in [-0.2, -0.15) is 0 Å². The largest absolute Gasteiger partial charge is 0.307 e. The van der Waals surface area contributed by atoms with Gasteiger partial charge in [-0.05, 0) is 36.6 Å². The third-order valence-electron chi connectivity index (χ3n) is 4.42. The molecular formula is C20H24N2O. The molecule has 1 fully saturated rings. The maximum Gasteiger partial charge on any atom is 0.241 e. The topological polar surface area (TPSA) is 23.6 Å². The van der Waals surface area contributed by atoms with Gasteiger partial charge in [0, 0.05) is 12.2 Å². The van der Waals surface area contributed by atoms with Crippen LogP contribution in [0.3, 0.4) is 0 Å². The predicted molar refractivity (Wildman–Crippen MR) is 94.3 cm³/mol. The molecule has 120 valence electrons. The molecule has 0 aliphatic carbocycles. The van der Waals surface area contributed by atoms with E-state index >= 15 is 0 Å². The molecule has 1 saturated heterocycles. The highest BCUT2D eigenvalue weighted by atomic mass is 16.2. The van der Waals surface area contributed by atoms with E-state index in [0.29, 0.717) is 19.0 Å². The van der Waals surface area contributed by atoms with Gasteiger partial charge in [-0.3, -0.25) is 9.69 Å². The van der Waals surface area contributed by atoms with E-state index in [2.05, 4.69) is 24.0 Å². The number of anilines is 1. The quantitative estimate of drug-likeness (QED) is 0.843. The first-order chi connectivity index (χ1) is 11.2. The average molecular weight is 308 g/mol. The van der Waals surface area contributed by atoms with Crippen LogP contribution in [0.2, 0.25) is 0 Å². The lowest BCUT2D eigenvalue weighted by molar-refractivity contribution is -0.119. The van der Waals surface area contributed by atoms with E-state index in [9.17, 15) is 4.79 Å². The molecule has 0 radical (unpaired) electrons. The van der Waals surface area contributed by atoms with Crippen molar-refractivity contribution in [3.05, 3.63) is 66.2 Å². The third kappa shape index (κ3) is 4.20. The highest BCUT2D eigenvalue weighted by Gasteiger charge is 2.24. The van der Waals surface area contributed by atoms with E-state index in [-0.39, 0.29) is 5.91 Å². The fraction of sp³-hybridized carbons (Fsp3) is 0.350. The van der Waals surface area contributed by atoms with E-state index in [1.807, 2.05) is 53.4 Å². The molecular weight excluding hydrogens is 284 g/mol. The Labute approximate surface area is 138 Å². The molecule has 0 aromatic heterocycles. The summed E-state index contributed by atoms with van der Waals surface area (Å²) in [5.74, 6) is 0.872. The molecule has 1 atom stereocenters. The van der Waals surface area contributed by atoms with Gasteiger partial charge in [0.05, 0.1) is 13.1 Å². The molecule has 1 heterocycles. The SMILES string of the molecule is CC1CCN(CC(=O)N(Cc2ccccc2)c2ccccc2)C1. The van der Waals surface area contributed by atoms with E-state index in [1.165, 1.54) is 6.42 Å². The van der Waals surface area contributed by atoms with Crippen LogP contribution in [-0.4, -0.2) is 30.4 Å². The van der Waals surface area contributed by atoms with E-state index in [4.69, 9.17) is 0 Å². The normalized spacial score (nSPS) is 18.0. The summed E-state index contributed by atoms with van der Waals surface area (Å²) in [4.78, 5) is 17.1. The van der Waals surface area contributed by atoms with Crippen LogP contribution in [0.1, 0.15) is 18.9 Å². The molecule has 1 aliphatic heterocycles. The van der Waals surface area contributed by atoms with Crippen LogP contribution < -0.4 is 4.90 Å². The van der Waals surface area contributed by atoms with Crippen LogP contribution >= 0.6 is 0 Å². The van der Waals surface area contributed by atoms with E-state index in [0.717, 1.165) is 24.3 Å². The van der Waals surface area contributed by atoms with Crippen LogP contribution in [-0.2, 0) is 11.3 Å². The molecule has 0 bridgehead atoms. The summed E-state index contributed by atoms with van der Waals surface area (Å²) in [5, 5.41) is 0. The minimum atomic E-state index is 0.175. The van der Waals surface area contributed by atoms with Crippen LogP contribution in [0.25, 0.3) is 0 Å². The Balaban J connectivity index is 1.76. The van der Waals surface area contributed by atoms with Crippen LogP contribution in [0.4, 0.5) is 5.69 Å². The van der Waals surface area contributed by atoms with Crippen molar-refractivity contribution in [2.45, 2.75) is 19.9 Å². The number of likely N-dealkylation sites (tertiary alicyclic amines) is 1. The Bertz CT molecular complexity index is 627. The van der Waals surface area contributed by atoms with Gasteiger partial charge in [0.25, 0.3) is 0 Å². The number of hydrogen-bond donors (Lipinski definition) is 0. The monoisotopic (exact) mass is 308 g/mol. The van der Waals surface area contributed by atoms with Gasteiger partial charge in [-0.15, -0.1) is 0 Å². The van der Waals surface area contributed by atoms with Gasteiger partial charge >= 0.3 is 0 Å². The van der Waals surface area contributed by atoms with Crippen molar-refractivity contribution in [1.29, 1.82) is 0 Å². The molecule has 2 aromatic carbocycles. The Morgan fingerprint density at radius 1 is 1.09 bits per heavy atom. The van der Waals surface area contributed by atoms with Crippen molar-refractivity contribution in [3.63, 3.8) is 0 Å². The van der Waals surface area contributed by atoms with Crippen molar-refractivity contribution >= 4 is 11.6 Å². The van der Waals surface area contributed by atoms with Crippen LogP contribution in [0, 0.1) is 5.92 Å². The molecule has 1 unspecified atom stereocenters.